The number of ketones is 1. The van der Waals surface area contributed by atoms with Crippen LogP contribution >= 0.6 is 23.2 Å². The zero-order valence-electron chi connectivity index (χ0n) is 22.4. The Bertz CT molecular complexity index is 1600. The molecule has 40 heavy (non-hydrogen) atoms. The van der Waals surface area contributed by atoms with Crippen LogP contribution in [0.25, 0.3) is 0 Å². The van der Waals surface area contributed by atoms with Gasteiger partial charge in [-0.1, -0.05) is 29.3 Å². The Labute approximate surface area is 243 Å². The Kier molecular flexibility index (Phi) is 8.49. The highest BCUT2D eigenvalue weighted by molar-refractivity contribution is 7.92. The number of Topliss-reactive ketones (excluding diaryl/α,β-unsaturated/α-hetero) is 1. The van der Waals surface area contributed by atoms with E-state index in [0.29, 0.717) is 5.92 Å². The van der Waals surface area contributed by atoms with Gasteiger partial charge in [-0.05, 0) is 94.0 Å². The predicted molar refractivity (Wildman–Crippen MR) is 154 cm³/mol. The van der Waals surface area contributed by atoms with Crippen molar-refractivity contribution in [3.63, 3.8) is 0 Å². The summed E-state index contributed by atoms with van der Waals surface area (Å²) >= 11 is 12.7. The van der Waals surface area contributed by atoms with Crippen LogP contribution in [0.15, 0.2) is 53.4 Å². The molecular formula is C29H29Cl2FN2O5S. The van der Waals surface area contributed by atoms with Crippen molar-refractivity contribution in [1.82, 2.24) is 5.32 Å². The van der Waals surface area contributed by atoms with Crippen LogP contribution in [0.3, 0.4) is 0 Å². The largest absolute Gasteiger partial charge is 0.453 e. The van der Waals surface area contributed by atoms with Crippen LogP contribution in [0.4, 0.5) is 10.1 Å². The molecule has 0 atom stereocenters. The van der Waals surface area contributed by atoms with Gasteiger partial charge in [0.25, 0.3) is 15.9 Å². The van der Waals surface area contributed by atoms with Gasteiger partial charge in [0, 0.05) is 23.6 Å². The third-order valence-electron chi connectivity index (χ3n) is 6.03. The molecule has 1 aliphatic rings. The first kappa shape index (κ1) is 29.8. The maximum Gasteiger partial charge on any atom is 0.263 e. The number of carbonyl (C=O) groups excluding carboxylic acids is 2. The Hall–Kier alpha value is -3.14. The summed E-state index contributed by atoms with van der Waals surface area (Å²) in [7, 11) is -4.24. The molecule has 3 aromatic rings. The normalized spacial score (nSPS) is 13.6. The van der Waals surface area contributed by atoms with Gasteiger partial charge in [0.15, 0.2) is 5.75 Å². The molecule has 3 aromatic carbocycles. The minimum atomic E-state index is -4.24. The summed E-state index contributed by atoms with van der Waals surface area (Å²) in [5.74, 6) is -1.15. The lowest BCUT2D eigenvalue weighted by Crippen LogP contribution is -2.40. The van der Waals surface area contributed by atoms with Crippen molar-refractivity contribution < 1.29 is 27.1 Å². The Morgan fingerprint density at radius 3 is 2.30 bits per heavy atom. The fourth-order valence-corrected chi connectivity index (χ4v) is 5.87. The molecule has 0 radical (unpaired) electrons. The molecule has 0 unspecified atom stereocenters. The zero-order chi connectivity index (χ0) is 29.4. The van der Waals surface area contributed by atoms with Crippen molar-refractivity contribution in [3.05, 3.63) is 81.1 Å². The molecule has 2 N–H and O–H groups in total. The molecule has 0 aliphatic heterocycles. The summed E-state index contributed by atoms with van der Waals surface area (Å²) in [6, 6.07) is 11.3. The Morgan fingerprint density at radius 1 is 1.00 bits per heavy atom. The van der Waals surface area contributed by atoms with E-state index in [0.717, 1.165) is 24.5 Å². The van der Waals surface area contributed by atoms with E-state index in [2.05, 4.69) is 10.0 Å². The van der Waals surface area contributed by atoms with Gasteiger partial charge in [-0.15, -0.1) is 0 Å². The van der Waals surface area contributed by atoms with Crippen LogP contribution in [0, 0.1) is 5.82 Å². The van der Waals surface area contributed by atoms with Gasteiger partial charge in [0.2, 0.25) is 0 Å². The Morgan fingerprint density at radius 2 is 1.70 bits per heavy atom. The topological polar surface area (TPSA) is 102 Å². The standard InChI is InChI=1S/C29H29Cl2FN2O5S/c1-16(35)11-20-13-21(30)26(15-23(20)32)39-25-9-7-19(28(36)33-29(2,3)4)14-24(25)34-40(37,38)27-10-8-18(12-22(27)31)17-5-6-17/h7-10,12-15,17,34H,5-6,11H2,1-4H3,(H,33,36). The number of carbonyl (C=O) groups is 2. The molecule has 0 saturated heterocycles. The van der Waals surface area contributed by atoms with Crippen molar-refractivity contribution in [3.8, 4) is 11.5 Å². The molecule has 0 spiro atoms. The quantitative estimate of drug-likeness (QED) is 0.267. The van der Waals surface area contributed by atoms with Crippen molar-refractivity contribution in [2.45, 2.75) is 63.3 Å². The summed E-state index contributed by atoms with van der Waals surface area (Å²) in [6.45, 7) is 6.77. The monoisotopic (exact) mass is 606 g/mol. The molecule has 0 heterocycles. The van der Waals surface area contributed by atoms with Crippen LogP contribution in [-0.4, -0.2) is 25.6 Å². The van der Waals surface area contributed by atoms with Gasteiger partial charge in [-0.2, -0.15) is 0 Å². The molecule has 4 rings (SSSR count). The molecule has 1 fully saturated rings. The smallest absolute Gasteiger partial charge is 0.263 e. The van der Waals surface area contributed by atoms with Gasteiger partial charge in [-0.3, -0.25) is 14.3 Å². The van der Waals surface area contributed by atoms with E-state index < -0.39 is 27.3 Å². The summed E-state index contributed by atoms with van der Waals surface area (Å²) in [5, 5.41) is 2.90. The van der Waals surface area contributed by atoms with Crippen molar-refractivity contribution in [2.75, 3.05) is 4.72 Å². The second-order valence-electron chi connectivity index (χ2n) is 10.8. The second kappa shape index (κ2) is 11.4. The minimum absolute atomic E-state index is 0.0136. The zero-order valence-corrected chi connectivity index (χ0v) is 24.7. The van der Waals surface area contributed by atoms with Crippen LogP contribution in [0.2, 0.25) is 10.0 Å². The second-order valence-corrected chi connectivity index (χ2v) is 13.3. The summed E-state index contributed by atoms with van der Waals surface area (Å²) in [6.07, 6.45) is 1.92. The molecular weight excluding hydrogens is 578 g/mol. The van der Waals surface area contributed by atoms with E-state index in [1.807, 2.05) is 20.8 Å². The van der Waals surface area contributed by atoms with Crippen LogP contribution in [0.5, 0.6) is 11.5 Å². The minimum Gasteiger partial charge on any atom is -0.453 e. The fourth-order valence-electron chi connectivity index (χ4n) is 4.03. The maximum atomic E-state index is 14.7. The van der Waals surface area contributed by atoms with Gasteiger partial charge >= 0.3 is 0 Å². The van der Waals surface area contributed by atoms with E-state index in [1.54, 1.807) is 12.1 Å². The predicted octanol–water partition coefficient (Wildman–Crippen LogP) is 7.26. The SMILES string of the molecule is CC(=O)Cc1cc(Cl)c(Oc2ccc(C(=O)NC(C)(C)C)cc2NS(=O)(=O)c2ccc(C3CC3)cc2Cl)cc1F. The number of amides is 1. The van der Waals surface area contributed by atoms with Crippen molar-refractivity contribution >= 4 is 50.6 Å². The molecule has 1 aliphatic carbocycles. The lowest BCUT2D eigenvalue weighted by molar-refractivity contribution is -0.116. The number of hydrogen-bond acceptors (Lipinski definition) is 5. The number of hydrogen-bond donors (Lipinski definition) is 2. The molecule has 11 heteroatoms. The first-order valence-electron chi connectivity index (χ1n) is 12.6. The van der Waals surface area contributed by atoms with Crippen molar-refractivity contribution in [1.29, 1.82) is 0 Å². The molecule has 0 bridgehead atoms. The molecule has 0 aromatic heterocycles. The number of halogens is 3. The van der Waals surface area contributed by atoms with E-state index in [-0.39, 0.29) is 55.5 Å². The summed E-state index contributed by atoms with van der Waals surface area (Å²) in [5.41, 5.74) is 0.593. The average Bonchev–Trinajstić information content (AvgIpc) is 3.67. The third-order valence-corrected chi connectivity index (χ3v) is 8.17. The number of rotatable bonds is 9. The van der Waals surface area contributed by atoms with E-state index in [9.17, 15) is 22.4 Å². The van der Waals surface area contributed by atoms with Crippen LogP contribution < -0.4 is 14.8 Å². The maximum absolute atomic E-state index is 14.7. The van der Waals surface area contributed by atoms with Crippen LogP contribution in [0.1, 0.15) is 67.9 Å². The van der Waals surface area contributed by atoms with E-state index in [4.69, 9.17) is 27.9 Å². The lowest BCUT2D eigenvalue weighted by atomic mass is 10.1. The summed E-state index contributed by atoms with van der Waals surface area (Å²) < 4.78 is 49.8. The Balaban J connectivity index is 1.72. The highest BCUT2D eigenvalue weighted by atomic mass is 35.5. The van der Waals surface area contributed by atoms with Gasteiger partial charge < -0.3 is 10.1 Å². The van der Waals surface area contributed by atoms with Crippen LogP contribution in [-0.2, 0) is 21.2 Å². The summed E-state index contributed by atoms with van der Waals surface area (Å²) in [4.78, 5) is 24.2. The van der Waals surface area contributed by atoms with Gasteiger partial charge in [0.05, 0.1) is 15.7 Å². The highest BCUT2D eigenvalue weighted by Gasteiger charge is 2.27. The molecule has 1 saturated carbocycles. The molecule has 7 nitrogen and oxygen atoms in total. The third kappa shape index (κ3) is 7.33. The van der Waals surface area contributed by atoms with E-state index >= 15 is 0 Å². The fraction of sp³-hybridized carbons (Fsp3) is 0.310. The molecule has 212 valence electrons. The van der Waals surface area contributed by atoms with Crippen molar-refractivity contribution in [2.24, 2.45) is 0 Å². The van der Waals surface area contributed by atoms with E-state index in [1.165, 1.54) is 37.3 Å². The number of anilines is 1. The lowest BCUT2D eigenvalue weighted by Gasteiger charge is -2.21. The first-order valence-corrected chi connectivity index (χ1v) is 14.8. The first-order chi connectivity index (χ1) is 18.6. The number of benzene rings is 3. The van der Waals surface area contributed by atoms with Gasteiger partial charge in [0.1, 0.15) is 22.2 Å². The number of sulfonamides is 1. The molecule has 1 amide bonds. The number of ether oxygens (including phenoxy) is 1. The average molecular weight is 608 g/mol. The number of nitrogens with one attached hydrogen (secondary N) is 2. The van der Waals surface area contributed by atoms with Gasteiger partial charge in [-0.25, -0.2) is 12.8 Å². The highest BCUT2D eigenvalue weighted by Crippen LogP contribution is 2.42.